The Hall–Kier alpha value is -2.31. The van der Waals surface area contributed by atoms with E-state index in [1.807, 2.05) is 43.7 Å². The van der Waals surface area contributed by atoms with Gasteiger partial charge in [-0.2, -0.15) is 0 Å². The quantitative estimate of drug-likeness (QED) is 0.403. The zero-order valence-electron chi connectivity index (χ0n) is 16.3. The molecule has 0 saturated heterocycles. The predicted molar refractivity (Wildman–Crippen MR) is 112 cm³/mol. The minimum Gasteiger partial charge on any atom is -0.484 e. The second-order valence-corrected chi connectivity index (χ2v) is 7.99. The smallest absolute Gasteiger partial charge is 0.191 e. The molecule has 0 fully saturated rings. The number of nitrogens with zero attached hydrogens (tertiary/aromatic N) is 3. The fraction of sp³-hybridized carbons (Fsp3) is 0.286. The van der Waals surface area contributed by atoms with Gasteiger partial charge in [0.1, 0.15) is 12.4 Å². The number of rotatable bonds is 7. The van der Waals surface area contributed by atoms with Crippen molar-refractivity contribution in [1.82, 2.24) is 14.8 Å². The third-order valence-electron chi connectivity index (χ3n) is 4.59. The summed E-state index contributed by atoms with van der Waals surface area (Å²) in [5.41, 5.74) is 4.08. The molecule has 0 bridgehead atoms. The van der Waals surface area contributed by atoms with E-state index in [1.165, 1.54) is 17.3 Å². The Morgan fingerprint density at radius 2 is 1.82 bits per heavy atom. The molecule has 0 N–H and O–H groups in total. The van der Waals surface area contributed by atoms with Gasteiger partial charge in [0.05, 0.1) is 10.8 Å². The van der Waals surface area contributed by atoms with Gasteiger partial charge in [-0.1, -0.05) is 41.6 Å². The number of thioether (sulfide) groups is 1. The van der Waals surface area contributed by atoms with E-state index in [2.05, 4.69) is 23.2 Å². The van der Waals surface area contributed by atoms with E-state index < -0.39 is 0 Å². The number of carbonyl (C=O) groups excluding carboxylic acids is 1. The van der Waals surface area contributed by atoms with Gasteiger partial charge >= 0.3 is 0 Å². The molecule has 0 unspecified atom stereocenters. The van der Waals surface area contributed by atoms with Crippen molar-refractivity contribution in [3.63, 3.8) is 0 Å². The highest BCUT2D eigenvalue weighted by Gasteiger charge is 2.15. The van der Waals surface area contributed by atoms with Crippen molar-refractivity contribution in [3.05, 3.63) is 69.5 Å². The summed E-state index contributed by atoms with van der Waals surface area (Å²) in [6.45, 7) is 6.29. The topological polar surface area (TPSA) is 57.0 Å². The number of hydrogen-bond donors (Lipinski definition) is 0. The molecule has 1 aromatic heterocycles. The number of carbonyl (C=O) groups is 1. The lowest BCUT2D eigenvalue weighted by Crippen LogP contribution is -2.08. The van der Waals surface area contributed by atoms with Gasteiger partial charge in [0.2, 0.25) is 0 Å². The monoisotopic (exact) mass is 415 g/mol. The van der Waals surface area contributed by atoms with E-state index >= 15 is 0 Å². The summed E-state index contributed by atoms with van der Waals surface area (Å²) in [7, 11) is 1.86. The summed E-state index contributed by atoms with van der Waals surface area (Å²) in [4.78, 5) is 12.7. The Bertz CT molecular complexity index is 1020. The Morgan fingerprint density at radius 3 is 2.57 bits per heavy atom. The van der Waals surface area contributed by atoms with Crippen LogP contribution in [0.5, 0.6) is 5.75 Å². The lowest BCUT2D eigenvalue weighted by molar-refractivity contribution is 0.102. The molecule has 0 aliphatic rings. The molecule has 0 radical (unpaired) electrons. The molecule has 0 saturated carbocycles. The van der Waals surface area contributed by atoms with Gasteiger partial charge in [-0.15, -0.1) is 10.2 Å². The van der Waals surface area contributed by atoms with Crippen LogP contribution in [-0.2, 0) is 13.7 Å². The van der Waals surface area contributed by atoms with Crippen LogP contribution in [0.15, 0.2) is 41.6 Å². The number of aryl methyl sites for hydroxylation is 3. The minimum atomic E-state index is 0.0856. The van der Waals surface area contributed by atoms with Gasteiger partial charge in [0.15, 0.2) is 16.8 Å². The Labute approximate surface area is 174 Å². The number of ketones is 1. The van der Waals surface area contributed by atoms with Gasteiger partial charge in [0, 0.05) is 12.6 Å². The fourth-order valence-electron chi connectivity index (χ4n) is 2.77. The Morgan fingerprint density at radius 1 is 1.11 bits per heavy atom. The van der Waals surface area contributed by atoms with Crippen LogP contribution in [-0.4, -0.2) is 26.3 Å². The molecule has 7 heteroatoms. The summed E-state index contributed by atoms with van der Waals surface area (Å²) < 4.78 is 7.56. The molecule has 146 valence electrons. The average Bonchev–Trinajstić information content (AvgIpc) is 3.02. The molecule has 0 aliphatic carbocycles. The maximum Gasteiger partial charge on any atom is 0.191 e. The first-order valence-electron chi connectivity index (χ1n) is 8.86. The van der Waals surface area contributed by atoms with Crippen LogP contribution >= 0.6 is 23.4 Å². The Kier molecular flexibility index (Phi) is 6.42. The predicted octanol–water partition coefficient (Wildman–Crippen LogP) is 4.95. The lowest BCUT2D eigenvalue weighted by Gasteiger charge is -2.09. The van der Waals surface area contributed by atoms with E-state index in [-0.39, 0.29) is 12.4 Å². The summed E-state index contributed by atoms with van der Waals surface area (Å²) in [5.74, 6) is 1.65. The SMILES string of the molecule is Cc1cc(C)c(C(=O)CSc2nnc(COc3ccccc3Cl)n2C)cc1C. The number of Topliss-reactive ketones (excluding diaryl/α,β-unsaturated/α-hetero) is 1. The van der Waals surface area contributed by atoms with Crippen LogP contribution in [0.3, 0.4) is 0 Å². The molecule has 28 heavy (non-hydrogen) atoms. The zero-order valence-corrected chi connectivity index (χ0v) is 17.9. The van der Waals surface area contributed by atoms with Crippen molar-refractivity contribution >= 4 is 29.1 Å². The first kappa shape index (κ1) is 20.4. The first-order valence-corrected chi connectivity index (χ1v) is 10.2. The summed E-state index contributed by atoms with van der Waals surface area (Å²) in [6.07, 6.45) is 0. The van der Waals surface area contributed by atoms with Crippen molar-refractivity contribution in [2.75, 3.05) is 5.75 Å². The molecule has 3 aromatic rings. The molecule has 3 rings (SSSR count). The highest BCUT2D eigenvalue weighted by atomic mass is 35.5. The second-order valence-electron chi connectivity index (χ2n) is 6.64. The first-order chi connectivity index (χ1) is 13.4. The van der Waals surface area contributed by atoms with E-state index in [4.69, 9.17) is 16.3 Å². The Balaban J connectivity index is 1.64. The zero-order chi connectivity index (χ0) is 20.3. The molecular weight excluding hydrogens is 394 g/mol. The number of ether oxygens (including phenoxy) is 1. The normalized spacial score (nSPS) is 10.9. The van der Waals surface area contributed by atoms with E-state index in [0.29, 0.717) is 27.5 Å². The molecule has 0 aliphatic heterocycles. The molecule has 1 heterocycles. The highest BCUT2D eigenvalue weighted by Crippen LogP contribution is 2.25. The highest BCUT2D eigenvalue weighted by molar-refractivity contribution is 7.99. The van der Waals surface area contributed by atoms with Crippen LogP contribution in [0.1, 0.15) is 32.9 Å². The summed E-state index contributed by atoms with van der Waals surface area (Å²) in [6, 6.07) is 11.3. The standard InChI is InChI=1S/C21H22ClN3O2S/c1-13-9-15(3)16(10-14(13)2)18(26)12-28-21-24-23-20(25(21)4)11-27-19-8-6-5-7-17(19)22/h5-10H,11-12H2,1-4H3. The van der Waals surface area contributed by atoms with Crippen LogP contribution in [0.4, 0.5) is 0 Å². The third kappa shape index (κ3) is 4.56. The van der Waals surface area contributed by atoms with Crippen molar-refractivity contribution in [1.29, 1.82) is 0 Å². The number of halogens is 1. The number of hydrogen-bond acceptors (Lipinski definition) is 5. The molecule has 0 atom stereocenters. The molecule has 0 amide bonds. The van der Waals surface area contributed by atoms with Crippen LogP contribution in [0.25, 0.3) is 0 Å². The lowest BCUT2D eigenvalue weighted by atomic mass is 9.99. The third-order valence-corrected chi connectivity index (χ3v) is 5.92. The number of benzene rings is 2. The molecular formula is C21H22ClN3O2S. The van der Waals surface area contributed by atoms with Gasteiger partial charge in [-0.05, 0) is 55.7 Å². The van der Waals surface area contributed by atoms with E-state index in [0.717, 1.165) is 16.7 Å². The van der Waals surface area contributed by atoms with Crippen LogP contribution in [0.2, 0.25) is 5.02 Å². The van der Waals surface area contributed by atoms with Gasteiger partial charge in [0.25, 0.3) is 0 Å². The summed E-state index contributed by atoms with van der Waals surface area (Å²) >= 11 is 7.47. The molecule has 2 aromatic carbocycles. The van der Waals surface area contributed by atoms with Gasteiger partial charge < -0.3 is 9.30 Å². The summed E-state index contributed by atoms with van der Waals surface area (Å²) in [5, 5.41) is 9.57. The number of aromatic nitrogens is 3. The van der Waals surface area contributed by atoms with Crippen molar-refractivity contribution < 1.29 is 9.53 Å². The van der Waals surface area contributed by atoms with Gasteiger partial charge in [-0.25, -0.2) is 0 Å². The largest absolute Gasteiger partial charge is 0.484 e. The van der Waals surface area contributed by atoms with E-state index in [1.54, 1.807) is 12.1 Å². The van der Waals surface area contributed by atoms with Crippen LogP contribution < -0.4 is 4.74 Å². The van der Waals surface area contributed by atoms with Crippen LogP contribution in [0, 0.1) is 20.8 Å². The maximum absolute atomic E-state index is 12.7. The average molecular weight is 416 g/mol. The maximum atomic E-state index is 12.7. The van der Waals surface area contributed by atoms with E-state index in [9.17, 15) is 4.79 Å². The van der Waals surface area contributed by atoms with Crippen molar-refractivity contribution in [3.8, 4) is 5.75 Å². The number of para-hydroxylation sites is 1. The minimum absolute atomic E-state index is 0.0856. The van der Waals surface area contributed by atoms with Crippen molar-refractivity contribution in [2.24, 2.45) is 7.05 Å². The second kappa shape index (κ2) is 8.80. The fourth-order valence-corrected chi connectivity index (χ4v) is 3.77. The molecule has 0 spiro atoms. The molecule has 5 nitrogen and oxygen atoms in total. The van der Waals surface area contributed by atoms with Gasteiger partial charge in [-0.3, -0.25) is 4.79 Å². The van der Waals surface area contributed by atoms with Crippen molar-refractivity contribution in [2.45, 2.75) is 32.5 Å².